The van der Waals surface area contributed by atoms with Gasteiger partial charge in [-0.1, -0.05) is 12.1 Å². The summed E-state index contributed by atoms with van der Waals surface area (Å²) in [6.07, 6.45) is 2.14. The Hall–Kier alpha value is -1.95. The number of halogens is 1. The Labute approximate surface area is 128 Å². The first-order chi connectivity index (χ1) is 10.6. The van der Waals surface area contributed by atoms with Crippen molar-refractivity contribution in [3.63, 3.8) is 0 Å². The van der Waals surface area contributed by atoms with Crippen molar-refractivity contribution < 1.29 is 14.0 Å². The van der Waals surface area contributed by atoms with Crippen LogP contribution in [0.2, 0.25) is 0 Å². The molecule has 2 amide bonds. The van der Waals surface area contributed by atoms with Crippen LogP contribution in [0, 0.1) is 5.82 Å². The van der Waals surface area contributed by atoms with Gasteiger partial charge < -0.3 is 15.5 Å². The maximum Gasteiger partial charge on any atom is 0.242 e. The second kappa shape index (κ2) is 6.04. The monoisotopic (exact) mass is 305 g/mol. The number of hydrogen-bond donors (Lipinski definition) is 1. The third kappa shape index (κ3) is 2.97. The van der Waals surface area contributed by atoms with Crippen molar-refractivity contribution in [3.05, 3.63) is 35.6 Å². The second-order valence-corrected chi connectivity index (χ2v) is 5.92. The van der Waals surface area contributed by atoms with Gasteiger partial charge in [0.15, 0.2) is 0 Å². The summed E-state index contributed by atoms with van der Waals surface area (Å²) in [5.41, 5.74) is 6.42. The van der Waals surface area contributed by atoms with Gasteiger partial charge in [-0.2, -0.15) is 0 Å². The molecule has 1 aromatic rings. The van der Waals surface area contributed by atoms with Crippen LogP contribution < -0.4 is 5.73 Å². The minimum atomic E-state index is -0.527. The molecule has 0 bridgehead atoms. The standard InChI is InChI=1S/C16H20FN3O2/c17-12-3-1-11(2-4-12)14(9-18)16(22)19-7-8-20(13-5-6-13)15(21)10-19/h1-4,13-14H,5-10,18H2. The quantitative estimate of drug-likeness (QED) is 0.890. The molecule has 1 saturated carbocycles. The molecule has 2 aliphatic rings. The third-order valence-electron chi connectivity index (χ3n) is 4.36. The van der Waals surface area contributed by atoms with Gasteiger partial charge in [0, 0.05) is 25.7 Å². The predicted octanol–water partition coefficient (Wildman–Crippen LogP) is 0.701. The van der Waals surface area contributed by atoms with Gasteiger partial charge in [-0.3, -0.25) is 9.59 Å². The molecule has 1 unspecified atom stereocenters. The topological polar surface area (TPSA) is 66.6 Å². The number of carbonyl (C=O) groups excluding carboxylic acids is 2. The molecule has 1 aromatic carbocycles. The maximum absolute atomic E-state index is 13.0. The lowest BCUT2D eigenvalue weighted by molar-refractivity contribution is -0.146. The summed E-state index contributed by atoms with van der Waals surface area (Å²) < 4.78 is 13.0. The van der Waals surface area contributed by atoms with E-state index >= 15 is 0 Å². The molecule has 22 heavy (non-hydrogen) atoms. The summed E-state index contributed by atoms with van der Waals surface area (Å²) in [6, 6.07) is 6.18. The van der Waals surface area contributed by atoms with E-state index in [9.17, 15) is 14.0 Å². The molecule has 1 aliphatic heterocycles. The number of nitrogens with two attached hydrogens (primary N) is 1. The number of benzene rings is 1. The van der Waals surface area contributed by atoms with Crippen LogP contribution in [0.5, 0.6) is 0 Å². The highest BCUT2D eigenvalue weighted by Crippen LogP contribution is 2.28. The van der Waals surface area contributed by atoms with E-state index in [0.29, 0.717) is 24.7 Å². The minimum absolute atomic E-state index is 0.0111. The summed E-state index contributed by atoms with van der Waals surface area (Å²) in [5.74, 6) is -1.02. The molecule has 6 heteroatoms. The first-order valence-electron chi connectivity index (χ1n) is 7.64. The smallest absolute Gasteiger partial charge is 0.242 e. The Balaban J connectivity index is 1.69. The number of rotatable bonds is 4. The van der Waals surface area contributed by atoms with Gasteiger partial charge in [0.2, 0.25) is 11.8 Å². The summed E-state index contributed by atoms with van der Waals surface area (Å²) in [6.45, 7) is 1.39. The largest absolute Gasteiger partial charge is 0.336 e. The SMILES string of the molecule is NCC(C(=O)N1CCN(C2CC2)C(=O)C1)c1ccc(F)cc1. The normalized spacial score (nSPS) is 20.2. The zero-order valence-electron chi connectivity index (χ0n) is 12.4. The van der Waals surface area contributed by atoms with E-state index < -0.39 is 5.92 Å². The molecule has 5 nitrogen and oxygen atoms in total. The van der Waals surface area contributed by atoms with Crippen molar-refractivity contribution in [1.29, 1.82) is 0 Å². The molecule has 3 rings (SSSR count). The molecule has 0 spiro atoms. The van der Waals surface area contributed by atoms with Crippen molar-refractivity contribution in [1.82, 2.24) is 9.80 Å². The highest BCUT2D eigenvalue weighted by atomic mass is 19.1. The predicted molar refractivity (Wildman–Crippen MR) is 79.5 cm³/mol. The number of nitrogens with zero attached hydrogens (tertiary/aromatic N) is 2. The van der Waals surface area contributed by atoms with E-state index in [1.807, 2.05) is 4.90 Å². The second-order valence-electron chi connectivity index (χ2n) is 5.92. The Kier molecular flexibility index (Phi) is 4.11. The van der Waals surface area contributed by atoms with Crippen molar-refractivity contribution in [3.8, 4) is 0 Å². The first kappa shape index (κ1) is 15.0. The van der Waals surface area contributed by atoms with Crippen LogP contribution in [0.1, 0.15) is 24.3 Å². The van der Waals surface area contributed by atoms with E-state index in [1.165, 1.54) is 12.1 Å². The van der Waals surface area contributed by atoms with Gasteiger partial charge in [0.25, 0.3) is 0 Å². The lowest BCUT2D eigenvalue weighted by Gasteiger charge is -2.36. The fourth-order valence-electron chi connectivity index (χ4n) is 2.94. The van der Waals surface area contributed by atoms with Gasteiger partial charge in [-0.15, -0.1) is 0 Å². The van der Waals surface area contributed by atoms with Gasteiger partial charge in [0.1, 0.15) is 5.82 Å². The summed E-state index contributed by atoms with van der Waals surface area (Å²) in [5, 5.41) is 0. The molecule has 0 aromatic heterocycles. The number of hydrogen-bond acceptors (Lipinski definition) is 3. The summed E-state index contributed by atoms with van der Waals surface area (Å²) in [4.78, 5) is 28.2. The fourth-order valence-corrected chi connectivity index (χ4v) is 2.94. The average Bonchev–Trinajstić information content (AvgIpc) is 3.34. The van der Waals surface area contributed by atoms with Crippen LogP contribution in [-0.4, -0.2) is 53.8 Å². The molecule has 1 heterocycles. The van der Waals surface area contributed by atoms with Crippen LogP contribution >= 0.6 is 0 Å². The van der Waals surface area contributed by atoms with E-state index in [0.717, 1.165) is 12.8 Å². The van der Waals surface area contributed by atoms with Crippen molar-refractivity contribution >= 4 is 11.8 Å². The number of carbonyl (C=O) groups is 2. The molecular weight excluding hydrogens is 285 g/mol. The Morgan fingerprint density at radius 2 is 1.95 bits per heavy atom. The Bertz CT molecular complexity index is 571. The Morgan fingerprint density at radius 1 is 1.27 bits per heavy atom. The minimum Gasteiger partial charge on any atom is -0.336 e. The summed E-state index contributed by atoms with van der Waals surface area (Å²) in [7, 11) is 0. The molecule has 1 aliphatic carbocycles. The fraction of sp³-hybridized carbons (Fsp3) is 0.500. The van der Waals surface area contributed by atoms with Gasteiger partial charge in [-0.05, 0) is 30.5 Å². The van der Waals surface area contributed by atoms with E-state index in [4.69, 9.17) is 5.73 Å². The lowest BCUT2D eigenvalue weighted by Crippen LogP contribution is -2.54. The number of piperazine rings is 1. The van der Waals surface area contributed by atoms with Gasteiger partial charge in [-0.25, -0.2) is 4.39 Å². The highest BCUT2D eigenvalue weighted by molar-refractivity contribution is 5.90. The molecule has 2 fully saturated rings. The van der Waals surface area contributed by atoms with E-state index in [2.05, 4.69) is 0 Å². The van der Waals surface area contributed by atoms with Crippen LogP contribution in [0.15, 0.2) is 24.3 Å². The van der Waals surface area contributed by atoms with E-state index in [-0.39, 0.29) is 30.7 Å². The van der Waals surface area contributed by atoms with E-state index in [1.54, 1.807) is 17.0 Å². The van der Waals surface area contributed by atoms with Crippen LogP contribution in [0.3, 0.4) is 0 Å². The molecule has 2 N–H and O–H groups in total. The average molecular weight is 305 g/mol. The van der Waals surface area contributed by atoms with Gasteiger partial charge >= 0.3 is 0 Å². The van der Waals surface area contributed by atoms with Crippen molar-refractivity contribution in [2.24, 2.45) is 5.73 Å². The molecular formula is C16H20FN3O2. The van der Waals surface area contributed by atoms with Crippen molar-refractivity contribution in [2.45, 2.75) is 24.8 Å². The third-order valence-corrected chi connectivity index (χ3v) is 4.36. The molecule has 118 valence electrons. The maximum atomic E-state index is 13.0. The van der Waals surface area contributed by atoms with Crippen LogP contribution in [0.25, 0.3) is 0 Å². The highest BCUT2D eigenvalue weighted by Gasteiger charge is 2.38. The summed E-state index contributed by atoms with van der Waals surface area (Å²) >= 11 is 0. The molecule has 1 atom stereocenters. The van der Waals surface area contributed by atoms with Crippen LogP contribution in [0.4, 0.5) is 4.39 Å². The van der Waals surface area contributed by atoms with Crippen molar-refractivity contribution in [2.75, 3.05) is 26.2 Å². The first-order valence-corrected chi connectivity index (χ1v) is 7.64. The zero-order valence-corrected chi connectivity index (χ0v) is 12.4. The molecule has 1 saturated heterocycles. The zero-order chi connectivity index (χ0) is 15.7. The molecule has 0 radical (unpaired) electrons. The van der Waals surface area contributed by atoms with Gasteiger partial charge in [0.05, 0.1) is 12.5 Å². The Morgan fingerprint density at radius 3 is 2.50 bits per heavy atom. The lowest BCUT2D eigenvalue weighted by atomic mass is 9.97. The number of amides is 2. The van der Waals surface area contributed by atoms with Crippen LogP contribution in [-0.2, 0) is 9.59 Å².